The zero-order valence-corrected chi connectivity index (χ0v) is 7.77. The summed E-state index contributed by atoms with van der Waals surface area (Å²) in [6.07, 6.45) is 1.04. The van der Waals surface area contributed by atoms with E-state index in [1.165, 1.54) is 6.92 Å². The highest BCUT2D eigenvalue weighted by Crippen LogP contribution is 2.24. The second-order valence-corrected chi connectivity index (χ2v) is 3.55. The van der Waals surface area contributed by atoms with Crippen molar-refractivity contribution in [2.75, 3.05) is 0 Å². The molecule has 0 rings (SSSR count). The van der Waals surface area contributed by atoms with Crippen LogP contribution in [0.25, 0.3) is 0 Å². The monoisotopic (exact) mass is 169 g/mol. The van der Waals surface area contributed by atoms with Gasteiger partial charge >= 0.3 is 0 Å². The molecule has 0 spiro atoms. The fraction of sp³-hybridized carbons (Fsp3) is 0.750. The van der Waals surface area contributed by atoms with Crippen molar-refractivity contribution in [1.29, 1.82) is 10.9 Å². The zero-order chi connectivity index (χ0) is 9.78. The molecule has 0 aromatic heterocycles. The van der Waals surface area contributed by atoms with E-state index in [1.807, 2.05) is 13.8 Å². The van der Waals surface area contributed by atoms with Crippen molar-refractivity contribution >= 4 is 11.6 Å². The SMILES string of the molecule is CC(=O)CCC(C)(C)C(=N)N=N. The van der Waals surface area contributed by atoms with Crippen molar-refractivity contribution < 1.29 is 4.79 Å². The number of ketones is 1. The zero-order valence-electron chi connectivity index (χ0n) is 7.77. The summed E-state index contributed by atoms with van der Waals surface area (Å²) in [4.78, 5) is 10.7. The predicted molar refractivity (Wildman–Crippen MR) is 46.6 cm³/mol. The Morgan fingerprint density at radius 2 is 2.00 bits per heavy atom. The molecule has 12 heavy (non-hydrogen) atoms. The molecule has 4 heteroatoms. The van der Waals surface area contributed by atoms with Crippen LogP contribution in [0, 0.1) is 16.4 Å². The third-order valence-electron chi connectivity index (χ3n) is 1.85. The Morgan fingerprint density at radius 1 is 1.50 bits per heavy atom. The average molecular weight is 169 g/mol. The van der Waals surface area contributed by atoms with Gasteiger partial charge in [-0.25, -0.2) is 5.53 Å². The second kappa shape index (κ2) is 4.09. The Kier molecular flexibility index (Phi) is 3.73. The Hall–Kier alpha value is -1.06. The van der Waals surface area contributed by atoms with Crippen LogP contribution >= 0.6 is 0 Å². The van der Waals surface area contributed by atoms with Crippen molar-refractivity contribution in [1.82, 2.24) is 0 Å². The molecule has 0 aromatic rings. The lowest BCUT2D eigenvalue weighted by Crippen LogP contribution is -2.22. The molecule has 2 N–H and O–H groups in total. The van der Waals surface area contributed by atoms with E-state index < -0.39 is 5.41 Å². The first-order valence-electron chi connectivity index (χ1n) is 3.86. The minimum Gasteiger partial charge on any atom is -0.300 e. The molecule has 0 aliphatic rings. The molecular formula is C8H15N3O. The van der Waals surface area contributed by atoms with E-state index >= 15 is 0 Å². The maximum atomic E-state index is 10.7. The number of hydrogen-bond donors (Lipinski definition) is 2. The van der Waals surface area contributed by atoms with E-state index in [9.17, 15) is 4.79 Å². The van der Waals surface area contributed by atoms with Crippen molar-refractivity contribution in [3.63, 3.8) is 0 Å². The molecule has 0 unspecified atom stereocenters. The lowest BCUT2D eigenvalue weighted by atomic mass is 9.86. The summed E-state index contributed by atoms with van der Waals surface area (Å²) >= 11 is 0. The Balaban J connectivity index is 4.12. The molecule has 0 heterocycles. The predicted octanol–water partition coefficient (Wildman–Crippen LogP) is 2.39. The molecule has 0 aliphatic heterocycles. The first-order chi connectivity index (χ1) is 5.40. The van der Waals surface area contributed by atoms with Crippen molar-refractivity contribution in [3.8, 4) is 0 Å². The topological polar surface area (TPSA) is 77.1 Å². The van der Waals surface area contributed by atoms with E-state index in [1.54, 1.807) is 0 Å². The van der Waals surface area contributed by atoms with E-state index in [-0.39, 0.29) is 11.6 Å². The Bertz CT molecular complexity index is 208. The average Bonchev–Trinajstić information content (AvgIpc) is 1.99. The van der Waals surface area contributed by atoms with Gasteiger partial charge in [-0.05, 0) is 13.3 Å². The van der Waals surface area contributed by atoms with E-state index in [0.717, 1.165) is 0 Å². The largest absolute Gasteiger partial charge is 0.300 e. The number of amidine groups is 1. The van der Waals surface area contributed by atoms with Gasteiger partial charge in [0, 0.05) is 11.8 Å². The third-order valence-corrected chi connectivity index (χ3v) is 1.85. The van der Waals surface area contributed by atoms with Gasteiger partial charge in [-0.1, -0.05) is 13.8 Å². The number of carbonyl (C=O) groups excluding carboxylic acids is 1. The highest BCUT2D eigenvalue weighted by Gasteiger charge is 2.23. The molecule has 4 nitrogen and oxygen atoms in total. The molecule has 0 bridgehead atoms. The number of nitrogens with zero attached hydrogens (tertiary/aromatic N) is 1. The normalized spacial score (nSPS) is 10.9. The van der Waals surface area contributed by atoms with Gasteiger partial charge in [0.2, 0.25) is 0 Å². The number of nitrogens with one attached hydrogen (secondary N) is 2. The number of hydrogen-bond acceptors (Lipinski definition) is 3. The summed E-state index contributed by atoms with van der Waals surface area (Å²) < 4.78 is 0. The van der Waals surface area contributed by atoms with Crippen LogP contribution in [0.3, 0.4) is 0 Å². The smallest absolute Gasteiger partial charge is 0.148 e. The van der Waals surface area contributed by atoms with Gasteiger partial charge in [0.15, 0.2) is 0 Å². The van der Waals surface area contributed by atoms with Gasteiger partial charge in [-0.15, -0.1) is 5.11 Å². The molecule has 0 aromatic carbocycles. The molecule has 0 fully saturated rings. The van der Waals surface area contributed by atoms with Crippen LogP contribution < -0.4 is 0 Å². The van der Waals surface area contributed by atoms with Crippen LogP contribution in [-0.4, -0.2) is 11.6 Å². The van der Waals surface area contributed by atoms with Gasteiger partial charge in [-0.3, -0.25) is 5.41 Å². The molecular weight excluding hydrogens is 154 g/mol. The summed E-state index contributed by atoms with van der Waals surface area (Å²) in [5.74, 6) is 0.143. The molecule has 0 atom stereocenters. The first-order valence-corrected chi connectivity index (χ1v) is 3.86. The molecule has 0 aliphatic carbocycles. The minimum atomic E-state index is -0.451. The van der Waals surface area contributed by atoms with Crippen LogP contribution in [0.4, 0.5) is 0 Å². The molecule has 0 radical (unpaired) electrons. The van der Waals surface area contributed by atoms with Gasteiger partial charge in [-0.2, -0.15) is 0 Å². The van der Waals surface area contributed by atoms with Crippen molar-refractivity contribution in [2.24, 2.45) is 10.5 Å². The standard InChI is InChI=1S/C8H15N3O/c1-6(12)4-5-8(2,3)7(9)11-10/h9-10H,4-5H2,1-3H3. The lowest BCUT2D eigenvalue weighted by Gasteiger charge is -2.20. The molecule has 0 saturated heterocycles. The third kappa shape index (κ3) is 3.37. The van der Waals surface area contributed by atoms with Crippen molar-refractivity contribution in [3.05, 3.63) is 0 Å². The van der Waals surface area contributed by atoms with Gasteiger partial charge in [0.25, 0.3) is 0 Å². The van der Waals surface area contributed by atoms with E-state index in [4.69, 9.17) is 10.9 Å². The lowest BCUT2D eigenvalue weighted by molar-refractivity contribution is -0.117. The number of carbonyl (C=O) groups is 1. The summed E-state index contributed by atoms with van der Waals surface area (Å²) in [5.41, 5.74) is 6.21. The number of Topliss-reactive ketones (excluding diaryl/α,β-unsaturated/α-hetero) is 1. The van der Waals surface area contributed by atoms with E-state index in [2.05, 4.69) is 5.11 Å². The van der Waals surface area contributed by atoms with Crippen LogP contribution in [-0.2, 0) is 4.79 Å². The van der Waals surface area contributed by atoms with Gasteiger partial charge < -0.3 is 4.79 Å². The Labute approximate surface area is 72.4 Å². The number of rotatable bonds is 4. The maximum Gasteiger partial charge on any atom is 0.148 e. The second-order valence-electron chi connectivity index (χ2n) is 3.55. The molecule has 68 valence electrons. The van der Waals surface area contributed by atoms with E-state index in [0.29, 0.717) is 12.8 Å². The van der Waals surface area contributed by atoms with Crippen LogP contribution in [0.5, 0.6) is 0 Å². The fourth-order valence-electron chi connectivity index (χ4n) is 0.758. The summed E-state index contributed by atoms with van der Waals surface area (Å²) in [5, 5.41) is 10.4. The van der Waals surface area contributed by atoms with Crippen LogP contribution in [0.2, 0.25) is 0 Å². The minimum absolute atomic E-state index is 0.0313. The highest BCUT2D eigenvalue weighted by atomic mass is 16.1. The Morgan fingerprint density at radius 3 is 2.33 bits per heavy atom. The highest BCUT2D eigenvalue weighted by molar-refractivity contribution is 5.85. The summed E-state index contributed by atoms with van der Waals surface area (Å²) in [6, 6.07) is 0. The first kappa shape index (κ1) is 10.9. The van der Waals surface area contributed by atoms with Gasteiger partial charge in [0.05, 0.1) is 0 Å². The summed E-state index contributed by atoms with van der Waals surface area (Å²) in [6.45, 7) is 5.16. The fourth-order valence-corrected chi connectivity index (χ4v) is 0.758. The molecule has 0 saturated carbocycles. The van der Waals surface area contributed by atoms with Gasteiger partial charge in [0.1, 0.15) is 11.6 Å². The summed E-state index contributed by atoms with van der Waals surface area (Å²) in [7, 11) is 0. The van der Waals surface area contributed by atoms with Crippen LogP contribution in [0.1, 0.15) is 33.6 Å². The quantitative estimate of drug-likeness (QED) is 0.378. The van der Waals surface area contributed by atoms with Crippen LogP contribution in [0.15, 0.2) is 5.11 Å². The molecule has 0 amide bonds. The van der Waals surface area contributed by atoms with Crippen molar-refractivity contribution in [2.45, 2.75) is 33.6 Å². The maximum absolute atomic E-state index is 10.7.